The number of rotatable bonds is 3. The summed E-state index contributed by atoms with van der Waals surface area (Å²) in [7, 11) is 0. The van der Waals surface area contributed by atoms with Gasteiger partial charge in [-0.15, -0.1) is 0 Å². The molecule has 2 aliphatic rings. The number of likely N-dealkylation sites (tertiary alicyclic amines) is 1. The van der Waals surface area contributed by atoms with Gasteiger partial charge in [-0.1, -0.05) is 48.0 Å². The Morgan fingerprint density at radius 1 is 0.926 bits per heavy atom. The molecular formula is C23H26N2O2. The summed E-state index contributed by atoms with van der Waals surface area (Å²) in [5.74, 6) is -0.112. The molecule has 2 heterocycles. The Balaban J connectivity index is 1.55. The Morgan fingerprint density at radius 2 is 1.59 bits per heavy atom. The van der Waals surface area contributed by atoms with Crippen molar-refractivity contribution in [2.75, 3.05) is 26.2 Å². The highest BCUT2D eigenvalue weighted by Gasteiger charge is 2.38. The maximum atomic E-state index is 13.2. The van der Waals surface area contributed by atoms with Crippen LogP contribution in [-0.2, 0) is 0 Å². The van der Waals surface area contributed by atoms with Crippen molar-refractivity contribution in [2.24, 2.45) is 5.41 Å². The molecular weight excluding hydrogens is 336 g/mol. The van der Waals surface area contributed by atoms with Gasteiger partial charge in [-0.2, -0.15) is 0 Å². The predicted molar refractivity (Wildman–Crippen MR) is 106 cm³/mol. The molecule has 0 saturated carbocycles. The molecule has 140 valence electrons. The van der Waals surface area contributed by atoms with Gasteiger partial charge in [0.2, 0.25) is 0 Å². The van der Waals surface area contributed by atoms with E-state index in [-0.39, 0.29) is 11.7 Å². The van der Waals surface area contributed by atoms with Gasteiger partial charge in [0.05, 0.1) is 5.56 Å². The van der Waals surface area contributed by atoms with Gasteiger partial charge in [0.1, 0.15) is 0 Å². The quantitative estimate of drug-likeness (QED) is 0.851. The fraction of sp³-hybridized carbons (Fsp3) is 0.391. The van der Waals surface area contributed by atoms with Gasteiger partial charge in [0, 0.05) is 30.8 Å². The summed E-state index contributed by atoms with van der Waals surface area (Å²) in [5.41, 5.74) is 3.11. The van der Waals surface area contributed by atoms with Crippen LogP contribution in [0.2, 0.25) is 0 Å². The van der Waals surface area contributed by atoms with Gasteiger partial charge in [-0.25, -0.2) is 0 Å². The molecule has 0 aromatic heterocycles. The van der Waals surface area contributed by atoms with Gasteiger partial charge in [0.15, 0.2) is 5.78 Å². The van der Waals surface area contributed by atoms with E-state index in [4.69, 9.17) is 0 Å². The normalized spacial score (nSPS) is 18.6. The van der Waals surface area contributed by atoms with Crippen LogP contribution in [0.25, 0.3) is 0 Å². The minimum atomic E-state index is -0.0903. The third-order valence-electron chi connectivity index (χ3n) is 6.16. The van der Waals surface area contributed by atoms with Crippen LogP contribution in [0.15, 0.2) is 48.5 Å². The zero-order valence-electron chi connectivity index (χ0n) is 15.8. The molecule has 4 nitrogen and oxygen atoms in total. The highest BCUT2D eigenvalue weighted by atomic mass is 16.2. The summed E-state index contributed by atoms with van der Waals surface area (Å²) in [4.78, 5) is 28.1. The van der Waals surface area contributed by atoms with Crippen molar-refractivity contribution in [1.82, 2.24) is 10.2 Å². The standard InChI is InChI=1S/C23H26N2O2/c1-17-6-8-18(9-7-17)21(26)19-4-2-3-5-20(19)22(27)25-14-11-23(12-15-25)10-13-24-16-23/h2-9,24H,10-16H2,1H3. The first-order chi connectivity index (χ1) is 13.1. The fourth-order valence-corrected chi connectivity index (χ4v) is 4.30. The minimum absolute atomic E-state index is 0.0214. The lowest BCUT2D eigenvalue weighted by Gasteiger charge is -2.39. The molecule has 0 unspecified atom stereocenters. The molecule has 2 aliphatic heterocycles. The van der Waals surface area contributed by atoms with Crippen LogP contribution < -0.4 is 5.32 Å². The maximum absolute atomic E-state index is 13.2. The number of ketones is 1. The topological polar surface area (TPSA) is 49.4 Å². The number of benzene rings is 2. The van der Waals surface area contributed by atoms with E-state index in [2.05, 4.69) is 5.32 Å². The van der Waals surface area contributed by atoms with Crippen LogP contribution in [0.5, 0.6) is 0 Å². The lowest BCUT2D eigenvalue weighted by Crippen LogP contribution is -2.44. The number of hydrogen-bond acceptors (Lipinski definition) is 3. The SMILES string of the molecule is Cc1ccc(C(=O)c2ccccc2C(=O)N2CCC3(CCNC3)CC2)cc1. The summed E-state index contributed by atoms with van der Waals surface area (Å²) >= 11 is 0. The number of nitrogens with zero attached hydrogens (tertiary/aromatic N) is 1. The van der Waals surface area contributed by atoms with E-state index in [1.54, 1.807) is 12.1 Å². The summed E-state index contributed by atoms with van der Waals surface area (Å²) in [6.45, 7) is 5.69. The Kier molecular flexibility index (Phi) is 4.83. The number of nitrogens with one attached hydrogen (secondary N) is 1. The first-order valence-corrected chi connectivity index (χ1v) is 9.78. The average molecular weight is 362 g/mol. The van der Waals surface area contributed by atoms with E-state index >= 15 is 0 Å². The van der Waals surface area contributed by atoms with Crippen molar-refractivity contribution >= 4 is 11.7 Å². The van der Waals surface area contributed by atoms with E-state index < -0.39 is 0 Å². The smallest absolute Gasteiger partial charge is 0.254 e. The second-order valence-corrected chi connectivity index (χ2v) is 7.96. The second kappa shape index (κ2) is 7.28. The van der Waals surface area contributed by atoms with Crippen molar-refractivity contribution in [1.29, 1.82) is 0 Å². The molecule has 0 bridgehead atoms. The van der Waals surface area contributed by atoms with Crippen LogP contribution in [0.4, 0.5) is 0 Å². The number of amides is 1. The van der Waals surface area contributed by atoms with E-state index in [0.29, 0.717) is 22.1 Å². The summed E-state index contributed by atoms with van der Waals surface area (Å²) in [6, 6.07) is 14.7. The molecule has 0 aliphatic carbocycles. The molecule has 1 N–H and O–H groups in total. The number of aryl methyl sites for hydroxylation is 1. The molecule has 2 aromatic carbocycles. The van der Waals surface area contributed by atoms with Crippen LogP contribution in [0.3, 0.4) is 0 Å². The Labute approximate surface area is 160 Å². The van der Waals surface area contributed by atoms with E-state index in [1.165, 1.54) is 6.42 Å². The molecule has 2 saturated heterocycles. The number of piperidine rings is 1. The monoisotopic (exact) mass is 362 g/mol. The fourth-order valence-electron chi connectivity index (χ4n) is 4.30. The first-order valence-electron chi connectivity index (χ1n) is 9.78. The predicted octanol–water partition coefficient (Wildman–Crippen LogP) is 3.44. The van der Waals surface area contributed by atoms with Crippen molar-refractivity contribution in [3.8, 4) is 0 Å². The number of carbonyl (C=O) groups is 2. The largest absolute Gasteiger partial charge is 0.339 e. The van der Waals surface area contributed by atoms with Crippen molar-refractivity contribution < 1.29 is 9.59 Å². The molecule has 2 fully saturated rings. The van der Waals surface area contributed by atoms with Crippen molar-refractivity contribution in [2.45, 2.75) is 26.2 Å². The van der Waals surface area contributed by atoms with Gasteiger partial charge in [-0.05, 0) is 44.2 Å². The highest BCUT2D eigenvalue weighted by molar-refractivity contribution is 6.15. The average Bonchev–Trinajstić information content (AvgIpc) is 3.16. The molecule has 1 amide bonds. The molecule has 0 atom stereocenters. The zero-order chi connectivity index (χ0) is 18.9. The third-order valence-corrected chi connectivity index (χ3v) is 6.16. The van der Waals surface area contributed by atoms with Crippen LogP contribution in [0, 0.1) is 12.3 Å². The highest BCUT2D eigenvalue weighted by Crippen LogP contribution is 2.37. The number of hydrogen-bond donors (Lipinski definition) is 1. The lowest BCUT2D eigenvalue weighted by molar-refractivity contribution is 0.0605. The van der Waals surface area contributed by atoms with Crippen molar-refractivity contribution in [3.63, 3.8) is 0 Å². The van der Waals surface area contributed by atoms with E-state index in [0.717, 1.165) is 44.6 Å². The van der Waals surface area contributed by atoms with Crippen LogP contribution in [0.1, 0.15) is 51.1 Å². The third kappa shape index (κ3) is 3.54. The molecule has 0 radical (unpaired) electrons. The van der Waals surface area contributed by atoms with E-state index in [1.807, 2.05) is 48.2 Å². The molecule has 27 heavy (non-hydrogen) atoms. The van der Waals surface area contributed by atoms with Gasteiger partial charge >= 0.3 is 0 Å². The van der Waals surface area contributed by atoms with Gasteiger partial charge in [-0.3, -0.25) is 9.59 Å². The first kappa shape index (κ1) is 17.9. The van der Waals surface area contributed by atoms with Crippen molar-refractivity contribution in [3.05, 3.63) is 70.8 Å². The Hall–Kier alpha value is -2.46. The Morgan fingerprint density at radius 3 is 2.22 bits per heavy atom. The molecule has 2 aromatic rings. The van der Waals surface area contributed by atoms with Gasteiger partial charge < -0.3 is 10.2 Å². The van der Waals surface area contributed by atoms with E-state index in [9.17, 15) is 9.59 Å². The minimum Gasteiger partial charge on any atom is -0.339 e. The van der Waals surface area contributed by atoms with Gasteiger partial charge in [0.25, 0.3) is 5.91 Å². The summed E-state index contributed by atoms with van der Waals surface area (Å²) < 4.78 is 0. The molecule has 1 spiro atoms. The summed E-state index contributed by atoms with van der Waals surface area (Å²) in [6.07, 6.45) is 3.29. The lowest BCUT2D eigenvalue weighted by atomic mass is 9.77. The maximum Gasteiger partial charge on any atom is 0.254 e. The zero-order valence-corrected chi connectivity index (χ0v) is 15.8. The molecule has 4 rings (SSSR count). The number of carbonyl (C=O) groups excluding carboxylic acids is 2. The van der Waals surface area contributed by atoms with Crippen LogP contribution in [-0.4, -0.2) is 42.8 Å². The molecule has 4 heteroatoms. The Bertz CT molecular complexity index is 841. The van der Waals surface area contributed by atoms with Crippen LogP contribution >= 0.6 is 0 Å². The summed E-state index contributed by atoms with van der Waals surface area (Å²) in [5, 5.41) is 3.46. The second-order valence-electron chi connectivity index (χ2n) is 7.96.